The number of carboxylic acids is 2. The fraction of sp³-hybridized carbons (Fsp3) is 0.231. The Bertz CT molecular complexity index is 325. The van der Waals surface area contributed by atoms with Gasteiger partial charge < -0.3 is 20.4 Å². The minimum Gasteiger partial charge on any atom is -0.481 e. The van der Waals surface area contributed by atoms with E-state index in [-0.39, 0.29) is 11.1 Å². The Morgan fingerprint density at radius 3 is 1.21 bits per heavy atom. The zero-order valence-corrected chi connectivity index (χ0v) is 11.3. The summed E-state index contributed by atoms with van der Waals surface area (Å²) in [5, 5.41) is 31.9. The average molecular weight is 272 g/mol. The molecule has 0 fully saturated rings. The van der Waals surface area contributed by atoms with Gasteiger partial charge in [0, 0.05) is 17.2 Å². The summed E-state index contributed by atoms with van der Waals surface area (Å²) in [4.78, 5) is 19.2. The first-order valence-electron chi connectivity index (χ1n) is 5.04. The van der Waals surface area contributed by atoms with Gasteiger partial charge in [-0.2, -0.15) is 0 Å². The van der Waals surface area contributed by atoms with E-state index in [1.54, 1.807) is 13.0 Å². The van der Waals surface area contributed by atoms with Crippen molar-refractivity contribution in [1.29, 1.82) is 0 Å². The molecule has 0 aliphatic carbocycles. The van der Waals surface area contributed by atoms with E-state index in [0.717, 1.165) is 0 Å². The van der Waals surface area contributed by atoms with E-state index in [4.69, 9.17) is 20.4 Å². The maximum absolute atomic E-state index is 9.60. The van der Waals surface area contributed by atoms with Gasteiger partial charge in [0.2, 0.25) is 0 Å². The predicted molar refractivity (Wildman–Crippen MR) is 73.1 cm³/mol. The van der Waals surface area contributed by atoms with E-state index in [2.05, 4.69) is 13.2 Å². The normalized spacial score (nSPS) is 8.16. The van der Waals surface area contributed by atoms with Crippen LogP contribution in [0.25, 0.3) is 0 Å². The van der Waals surface area contributed by atoms with E-state index in [0.29, 0.717) is 0 Å². The van der Waals surface area contributed by atoms with E-state index in [9.17, 15) is 9.59 Å². The molecule has 0 unspecified atom stereocenters. The van der Waals surface area contributed by atoms with Crippen LogP contribution in [0.2, 0.25) is 0 Å². The molecule has 0 heterocycles. The minimum absolute atomic E-state index is 0.176. The molecule has 0 amide bonds. The second-order valence-corrected chi connectivity index (χ2v) is 3.22. The SMILES string of the molecule is C=C(C)C(=O)O.C=C(C)C(=O)O.CC=CC=C(O)O. The number of hydrogen-bond donors (Lipinski definition) is 4. The zero-order valence-electron chi connectivity index (χ0n) is 11.3. The Labute approximate surface area is 112 Å². The van der Waals surface area contributed by atoms with Crippen molar-refractivity contribution in [3.05, 3.63) is 48.5 Å². The minimum atomic E-state index is -0.935. The van der Waals surface area contributed by atoms with Gasteiger partial charge in [-0.05, 0) is 20.8 Å². The van der Waals surface area contributed by atoms with Crippen LogP contribution in [0, 0.1) is 0 Å². The summed E-state index contributed by atoms with van der Waals surface area (Å²) in [7, 11) is 0. The Morgan fingerprint density at radius 1 is 0.895 bits per heavy atom. The average Bonchev–Trinajstić information content (AvgIpc) is 2.27. The summed E-state index contributed by atoms with van der Waals surface area (Å²) < 4.78 is 0. The largest absolute Gasteiger partial charge is 0.481 e. The molecule has 0 saturated carbocycles. The van der Waals surface area contributed by atoms with Gasteiger partial charge in [-0.15, -0.1) is 0 Å². The number of aliphatic carboxylic acids is 2. The molecule has 0 atom stereocenters. The van der Waals surface area contributed by atoms with Gasteiger partial charge in [0.25, 0.3) is 5.95 Å². The number of aliphatic hydroxyl groups is 2. The maximum atomic E-state index is 9.60. The monoisotopic (exact) mass is 272 g/mol. The lowest BCUT2D eigenvalue weighted by Crippen LogP contribution is -1.92. The summed E-state index contributed by atoms with van der Waals surface area (Å²) in [6.45, 7) is 11.0. The fourth-order valence-corrected chi connectivity index (χ4v) is 0.182. The lowest BCUT2D eigenvalue weighted by atomic mass is 10.4. The molecule has 6 heteroatoms. The van der Waals surface area contributed by atoms with Crippen LogP contribution in [0.1, 0.15) is 20.8 Å². The van der Waals surface area contributed by atoms with Crippen molar-refractivity contribution in [2.45, 2.75) is 20.8 Å². The Balaban J connectivity index is -0.000000203. The van der Waals surface area contributed by atoms with Gasteiger partial charge in [0.1, 0.15) is 0 Å². The van der Waals surface area contributed by atoms with Crippen molar-refractivity contribution in [1.82, 2.24) is 0 Å². The number of aliphatic hydroxyl groups excluding tert-OH is 1. The molecule has 0 saturated heterocycles. The lowest BCUT2D eigenvalue weighted by Gasteiger charge is -1.79. The summed E-state index contributed by atoms with van der Waals surface area (Å²) in [6, 6.07) is 0. The van der Waals surface area contributed by atoms with Crippen molar-refractivity contribution in [2.75, 3.05) is 0 Å². The van der Waals surface area contributed by atoms with Crippen LogP contribution in [0.15, 0.2) is 48.5 Å². The first-order valence-corrected chi connectivity index (χ1v) is 5.04. The number of rotatable bonds is 3. The molecule has 0 aromatic carbocycles. The Morgan fingerprint density at radius 2 is 1.16 bits per heavy atom. The van der Waals surface area contributed by atoms with E-state index < -0.39 is 17.9 Å². The van der Waals surface area contributed by atoms with Gasteiger partial charge in [-0.25, -0.2) is 9.59 Å². The topological polar surface area (TPSA) is 115 Å². The molecule has 0 spiro atoms. The highest BCUT2D eigenvalue weighted by Gasteiger charge is 1.90. The molecule has 0 rings (SSSR count). The first kappa shape index (κ1) is 21.8. The molecule has 0 aliphatic rings. The molecular weight excluding hydrogens is 252 g/mol. The van der Waals surface area contributed by atoms with Crippen molar-refractivity contribution in [2.24, 2.45) is 0 Å². The molecular formula is C13H20O6. The quantitative estimate of drug-likeness (QED) is 0.357. The van der Waals surface area contributed by atoms with Gasteiger partial charge in [0.05, 0.1) is 0 Å². The van der Waals surface area contributed by atoms with Gasteiger partial charge in [-0.3, -0.25) is 0 Å². The molecule has 0 bridgehead atoms. The Kier molecular flexibility index (Phi) is 15.5. The van der Waals surface area contributed by atoms with E-state index in [1.807, 2.05) is 0 Å². The van der Waals surface area contributed by atoms with Gasteiger partial charge >= 0.3 is 11.9 Å². The summed E-state index contributed by atoms with van der Waals surface area (Å²) in [6.07, 6.45) is 4.43. The molecule has 0 aromatic heterocycles. The van der Waals surface area contributed by atoms with Crippen molar-refractivity contribution >= 4 is 11.9 Å². The number of carboxylic acid groups (broad SMARTS) is 2. The number of carbonyl (C=O) groups is 2. The van der Waals surface area contributed by atoms with Crippen LogP contribution in [0.3, 0.4) is 0 Å². The fourth-order valence-electron chi connectivity index (χ4n) is 0.182. The Hall–Kier alpha value is -2.50. The highest BCUT2D eigenvalue weighted by atomic mass is 16.5. The van der Waals surface area contributed by atoms with Crippen LogP contribution in [0.5, 0.6) is 0 Å². The summed E-state index contributed by atoms with van der Waals surface area (Å²) in [5.41, 5.74) is 0.352. The van der Waals surface area contributed by atoms with Crippen LogP contribution in [0.4, 0.5) is 0 Å². The molecule has 0 aromatic rings. The maximum Gasteiger partial charge on any atom is 0.330 e. The van der Waals surface area contributed by atoms with Crippen molar-refractivity contribution in [3.63, 3.8) is 0 Å². The molecule has 19 heavy (non-hydrogen) atoms. The molecule has 108 valence electrons. The molecule has 0 aliphatic heterocycles. The van der Waals surface area contributed by atoms with E-state index >= 15 is 0 Å². The number of hydrogen-bond acceptors (Lipinski definition) is 4. The smallest absolute Gasteiger partial charge is 0.330 e. The van der Waals surface area contributed by atoms with Crippen LogP contribution >= 0.6 is 0 Å². The standard InChI is InChI=1S/C5H8O2.2C4H6O2/c1-2-3-4-5(6)7;2*1-3(2)4(5)6/h2-4,6-7H,1H3;2*1H2,2H3,(H,5,6). The zero-order chi connectivity index (χ0) is 16.0. The highest BCUT2D eigenvalue weighted by Crippen LogP contribution is 1.81. The van der Waals surface area contributed by atoms with E-state index in [1.165, 1.54) is 26.0 Å². The summed E-state index contributed by atoms with van der Waals surface area (Å²) in [5.74, 6) is -2.52. The second kappa shape index (κ2) is 13.6. The summed E-state index contributed by atoms with van der Waals surface area (Å²) >= 11 is 0. The first-order chi connectivity index (χ1) is 8.56. The van der Waals surface area contributed by atoms with Crippen LogP contribution in [-0.4, -0.2) is 32.4 Å². The van der Waals surface area contributed by atoms with Crippen molar-refractivity contribution in [3.8, 4) is 0 Å². The van der Waals surface area contributed by atoms with Gasteiger partial charge in [-0.1, -0.05) is 25.3 Å². The van der Waals surface area contributed by atoms with Crippen LogP contribution in [-0.2, 0) is 9.59 Å². The lowest BCUT2D eigenvalue weighted by molar-refractivity contribution is -0.133. The second-order valence-electron chi connectivity index (χ2n) is 3.22. The van der Waals surface area contributed by atoms with Crippen molar-refractivity contribution < 1.29 is 30.0 Å². The number of allylic oxidation sites excluding steroid dienone is 3. The third kappa shape index (κ3) is 31.3. The molecule has 6 nitrogen and oxygen atoms in total. The van der Waals surface area contributed by atoms with Crippen LogP contribution < -0.4 is 0 Å². The van der Waals surface area contributed by atoms with Gasteiger partial charge in [0.15, 0.2) is 0 Å². The highest BCUT2D eigenvalue weighted by molar-refractivity contribution is 5.85. The molecule has 0 radical (unpaired) electrons. The third-order valence-corrected chi connectivity index (χ3v) is 1.17. The predicted octanol–water partition coefficient (Wildman–Crippen LogP) is 2.81. The third-order valence-electron chi connectivity index (χ3n) is 1.17. The molecule has 4 N–H and O–H groups in total.